The van der Waals surface area contributed by atoms with Crippen molar-refractivity contribution < 1.29 is 9.59 Å². The number of amides is 2. The Morgan fingerprint density at radius 3 is 2.66 bits per heavy atom. The molecule has 9 heteroatoms. The molecule has 2 aromatic carbocycles. The van der Waals surface area contributed by atoms with E-state index >= 15 is 0 Å². The van der Waals surface area contributed by atoms with Crippen molar-refractivity contribution in [3.63, 3.8) is 0 Å². The summed E-state index contributed by atoms with van der Waals surface area (Å²) in [5.74, 6) is -1.82. The number of H-pyrrole nitrogens is 1. The van der Waals surface area contributed by atoms with Crippen molar-refractivity contribution in [3.05, 3.63) is 86.6 Å². The Bertz CT molecular complexity index is 1280. The minimum absolute atomic E-state index is 0.0870. The van der Waals surface area contributed by atoms with Crippen molar-refractivity contribution in [1.29, 1.82) is 0 Å². The monoisotopic (exact) mass is 450 g/mol. The number of hydrogen-bond donors (Lipinski definition) is 3. The average molecular weight is 451 g/mol. The summed E-state index contributed by atoms with van der Waals surface area (Å²) in [5.41, 5.74) is 0.376. The van der Waals surface area contributed by atoms with Gasteiger partial charge in [-0.05, 0) is 36.4 Å². The maximum atomic E-state index is 13.1. The van der Waals surface area contributed by atoms with E-state index in [0.717, 1.165) is 10.5 Å². The fraction of sp³-hybridized carbons (Fsp3) is 0.217. The molecule has 1 unspecified atom stereocenters. The molecular weight excluding hydrogens is 428 g/mol. The highest BCUT2D eigenvalue weighted by Crippen LogP contribution is 2.30. The van der Waals surface area contributed by atoms with Gasteiger partial charge in [-0.2, -0.15) is 0 Å². The fourth-order valence-electron chi connectivity index (χ4n) is 3.77. The lowest BCUT2D eigenvalue weighted by Gasteiger charge is -2.26. The molecule has 32 heavy (non-hydrogen) atoms. The van der Waals surface area contributed by atoms with Crippen molar-refractivity contribution in [3.8, 4) is 0 Å². The number of anilines is 2. The summed E-state index contributed by atoms with van der Waals surface area (Å²) >= 11 is 1.54. The number of nitrogens with zero attached hydrogens (tertiary/aromatic N) is 1. The molecular formula is C23H22N4O4S. The van der Waals surface area contributed by atoms with Gasteiger partial charge in [0.1, 0.15) is 5.82 Å². The third-order valence-electron chi connectivity index (χ3n) is 5.35. The van der Waals surface area contributed by atoms with Gasteiger partial charge in [0, 0.05) is 23.5 Å². The van der Waals surface area contributed by atoms with Gasteiger partial charge in [-0.3, -0.25) is 23.9 Å². The SMILES string of the molecule is CSc1cccc(NC(=O)C2CC(=O)Nc3c2c(=O)[nH]c(=O)n3CCc2ccccc2)c1. The third kappa shape index (κ3) is 4.52. The predicted octanol–water partition coefficient (Wildman–Crippen LogP) is 2.57. The number of thioether (sulfide) groups is 1. The molecule has 1 aliphatic rings. The number of nitrogens with one attached hydrogen (secondary N) is 3. The second kappa shape index (κ2) is 9.27. The van der Waals surface area contributed by atoms with E-state index in [9.17, 15) is 19.2 Å². The van der Waals surface area contributed by atoms with Crippen molar-refractivity contribution in [2.45, 2.75) is 30.2 Å². The summed E-state index contributed by atoms with van der Waals surface area (Å²) in [4.78, 5) is 54.0. The van der Waals surface area contributed by atoms with Crippen LogP contribution in [0.5, 0.6) is 0 Å². The number of aromatic amines is 1. The van der Waals surface area contributed by atoms with Gasteiger partial charge < -0.3 is 10.6 Å². The Morgan fingerprint density at radius 2 is 1.91 bits per heavy atom. The molecule has 0 bridgehead atoms. The standard InChI is InChI=1S/C23H22N4O4S/c1-32-16-9-5-8-15(12-16)24-21(29)17-13-18(28)25-20-19(17)22(30)26-23(31)27(20)11-10-14-6-3-2-4-7-14/h2-9,12,17H,10-11,13H2,1H3,(H,24,29)(H,25,28)(H,26,30,31). The molecule has 0 saturated carbocycles. The largest absolute Gasteiger partial charge is 0.329 e. The van der Waals surface area contributed by atoms with Crippen molar-refractivity contribution >= 4 is 35.1 Å². The van der Waals surface area contributed by atoms with Gasteiger partial charge in [0.05, 0.1) is 11.5 Å². The summed E-state index contributed by atoms with van der Waals surface area (Å²) < 4.78 is 1.31. The van der Waals surface area contributed by atoms with E-state index in [-0.39, 0.29) is 24.3 Å². The van der Waals surface area contributed by atoms with E-state index in [0.29, 0.717) is 12.1 Å². The molecule has 0 saturated heterocycles. The molecule has 2 heterocycles. The minimum Gasteiger partial charge on any atom is -0.326 e. The number of benzene rings is 2. The molecule has 8 nitrogen and oxygen atoms in total. The Labute approximate surface area is 188 Å². The molecule has 3 aromatic rings. The molecule has 2 amide bonds. The van der Waals surface area contributed by atoms with Gasteiger partial charge in [-0.25, -0.2) is 4.79 Å². The summed E-state index contributed by atoms with van der Waals surface area (Å²) in [5, 5.41) is 5.43. The van der Waals surface area contributed by atoms with Crippen molar-refractivity contribution in [1.82, 2.24) is 9.55 Å². The highest BCUT2D eigenvalue weighted by atomic mass is 32.2. The molecule has 3 N–H and O–H groups in total. The Morgan fingerprint density at radius 1 is 1.12 bits per heavy atom. The number of aromatic nitrogens is 2. The van der Waals surface area contributed by atoms with Crippen LogP contribution in [0.4, 0.5) is 11.5 Å². The summed E-state index contributed by atoms with van der Waals surface area (Å²) in [7, 11) is 0. The normalized spacial score (nSPS) is 15.0. The molecule has 0 spiro atoms. The molecule has 164 valence electrons. The summed E-state index contributed by atoms with van der Waals surface area (Å²) in [6, 6.07) is 16.8. The van der Waals surface area contributed by atoms with Crippen LogP contribution >= 0.6 is 11.8 Å². The number of fused-ring (bicyclic) bond motifs is 1. The van der Waals surface area contributed by atoms with Gasteiger partial charge in [0.25, 0.3) is 5.56 Å². The average Bonchev–Trinajstić information content (AvgIpc) is 2.79. The first-order valence-electron chi connectivity index (χ1n) is 10.1. The molecule has 1 aromatic heterocycles. The molecule has 1 atom stereocenters. The van der Waals surface area contributed by atoms with Crippen LogP contribution in [0.1, 0.15) is 23.5 Å². The van der Waals surface area contributed by atoms with Gasteiger partial charge in [-0.15, -0.1) is 11.8 Å². The molecule has 0 radical (unpaired) electrons. The molecule has 0 fully saturated rings. The lowest BCUT2D eigenvalue weighted by atomic mass is 9.92. The van der Waals surface area contributed by atoms with E-state index in [4.69, 9.17) is 0 Å². The lowest BCUT2D eigenvalue weighted by Crippen LogP contribution is -2.42. The number of carbonyl (C=O) groups excluding carboxylic acids is 2. The van der Waals surface area contributed by atoms with Gasteiger partial charge >= 0.3 is 5.69 Å². The van der Waals surface area contributed by atoms with Crippen LogP contribution in [0.15, 0.2) is 69.1 Å². The first-order valence-corrected chi connectivity index (χ1v) is 11.3. The van der Waals surface area contributed by atoms with Crippen LogP contribution in [-0.4, -0.2) is 27.6 Å². The van der Waals surface area contributed by atoms with Crippen LogP contribution in [0, 0.1) is 0 Å². The third-order valence-corrected chi connectivity index (χ3v) is 6.08. The minimum atomic E-state index is -1.01. The van der Waals surface area contributed by atoms with Crippen LogP contribution in [-0.2, 0) is 22.6 Å². The highest BCUT2D eigenvalue weighted by Gasteiger charge is 2.35. The second-order valence-corrected chi connectivity index (χ2v) is 8.31. The van der Waals surface area contributed by atoms with E-state index in [1.54, 1.807) is 6.07 Å². The topological polar surface area (TPSA) is 113 Å². The van der Waals surface area contributed by atoms with Crippen LogP contribution in [0.25, 0.3) is 0 Å². The molecule has 4 rings (SSSR count). The maximum Gasteiger partial charge on any atom is 0.329 e. The number of aryl methyl sites for hydroxylation is 1. The number of hydrogen-bond acceptors (Lipinski definition) is 5. The first-order chi connectivity index (χ1) is 15.5. The van der Waals surface area contributed by atoms with Crippen LogP contribution < -0.4 is 21.9 Å². The first kappa shape index (κ1) is 21.6. The second-order valence-electron chi connectivity index (χ2n) is 7.43. The van der Waals surface area contributed by atoms with Crippen molar-refractivity contribution in [2.75, 3.05) is 16.9 Å². The van der Waals surface area contributed by atoms with Gasteiger partial charge in [0.2, 0.25) is 11.8 Å². The smallest absolute Gasteiger partial charge is 0.326 e. The van der Waals surface area contributed by atoms with Crippen LogP contribution in [0.3, 0.4) is 0 Å². The lowest BCUT2D eigenvalue weighted by molar-refractivity contribution is -0.123. The zero-order valence-corrected chi connectivity index (χ0v) is 18.2. The maximum absolute atomic E-state index is 13.1. The van der Waals surface area contributed by atoms with E-state index in [1.165, 1.54) is 16.3 Å². The van der Waals surface area contributed by atoms with Crippen LogP contribution in [0.2, 0.25) is 0 Å². The number of rotatable bonds is 6. The molecule has 1 aliphatic heterocycles. The van der Waals surface area contributed by atoms with Crippen molar-refractivity contribution in [2.24, 2.45) is 0 Å². The fourth-order valence-corrected chi connectivity index (χ4v) is 4.23. The van der Waals surface area contributed by atoms with Gasteiger partial charge in [-0.1, -0.05) is 36.4 Å². The predicted molar refractivity (Wildman–Crippen MR) is 124 cm³/mol. The zero-order chi connectivity index (χ0) is 22.7. The number of carbonyl (C=O) groups is 2. The van der Waals surface area contributed by atoms with E-state index in [1.807, 2.05) is 54.8 Å². The van der Waals surface area contributed by atoms with E-state index in [2.05, 4.69) is 15.6 Å². The Kier molecular flexibility index (Phi) is 6.27. The van der Waals surface area contributed by atoms with E-state index < -0.39 is 29.0 Å². The summed E-state index contributed by atoms with van der Waals surface area (Å²) in [6.45, 7) is 0.242. The van der Waals surface area contributed by atoms with Gasteiger partial charge in [0.15, 0.2) is 0 Å². The zero-order valence-electron chi connectivity index (χ0n) is 17.4. The quantitative estimate of drug-likeness (QED) is 0.500. The molecule has 0 aliphatic carbocycles. The Balaban J connectivity index is 1.68. The Hall–Kier alpha value is -3.59. The summed E-state index contributed by atoms with van der Waals surface area (Å²) in [6.07, 6.45) is 2.27. The highest BCUT2D eigenvalue weighted by molar-refractivity contribution is 7.98.